The Morgan fingerprint density at radius 1 is 0.862 bits per heavy atom. The molecule has 0 unspecified atom stereocenters. The van der Waals surface area contributed by atoms with Crippen LogP contribution in [0.3, 0.4) is 0 Å². The van der Waals surface area contributed by atoms with Crippen LogP contribution in [-0.2, 0) is 11.0 Å². The lowest BCUT2D eigenvalue weighted by Gasteiger charge is -2.20. The molecule has 0 bridgehead atoms. The van der Waals surface area contributed by atoms with Crippen molar-refractivity contribution < 1.29 is 23.3 Å². The number of nitrogens with one attached hydrogen (secondary N) is 1. The average Bonchev–Trinajstić information content (AvgIpc) is 2.72. The highest BCUT2D eigenvalue weighted by atomic mass is 19.4. The van der Waals surface area contributed by atoms with Crippen LogP contribution in [-0.4, -0.2) is 5.91 Å². The summed E-state index contributed by atoms with van der Waals surface area (Å²) in [6.45, 7) is 1.99. The van der Waals surface area contributed by atoms with E-state index >= 15 is 0 Å². The van der Waals surface area contributed by atoms with Gasteiger partial charge in [0, 0.05) is 16.8 Å². The number of benzene rings is 3. The summed E-state index contributed by atoms with van der Waals surface area (Å²) in [5.41, 5.74) is 1.15. The normalized spacial score (nSPS) is 13.5. The van der Waals surface area contributed by atoms with Gasteiger partial charge in [0.2, 0.25) is 0 Å². The third kappa shape index (κ3) is 5.45. The van der Waals surface area contributed by atoms with E-state index in [0.29, 0.717) is 0 Å². The summed E-state index contributed by atoms with van der Waals surface area (Å²) in [6, 6.07) is 23.0. The van der Waals surface area contributed by atoms with Gasteiger partial charge in [-0.2, -0.15) is 13.2 Å². The summed E-state index contributed by atoms with van der Waals surface area (Å²) in [5.74, 6) is -0.377. The number of carbonyl (C=O) groups is 1. The molecule has 1 amide bonds. The molecule has 0 radical (unpaired) electrons. The van der Waals surface area contributed by atoms with E-state index in [9.17, 15) is 18.0 Å². The van der Waals surface area contributed by atoms with Gasteiger partial charge in [0.05, 0.1) is 5.56 Å². The maximum atomic E-state index is 13.0. The Kier molecular flexibility index (Phi) is 6.34. The number of amides is 1. The second-order valence-corrected chi connectivity index (χ2v) is 6.85. The molecular weight excluding hydrogens is 377 g/mol. The predicted molar refractivity (Wildman–Crippen MR) is 106 cm³/mol. The highest BCUT2D eigenvalue weighted by Crippen LogP contribution is 2.30. The second-order valence-electron chi connectivity index (χ2n) is 6.85. The van der Waals surface area contributed by atoms with Crippen molar-refractivity contribution in [1.82, 2.24) is 0 Å². The number of hydrogen-bond acceptors (Lipinski definition) is 1. The Hall–Kier alpha value is -3.12. The molecule has 3 aromatic rings. The molecular formula is C23H22F3N2O+. The number of halogens is 3. The zero-order valence-corrected chi connectivity index (χ0v) is 15.9. The van der Waals surface area contributed by atoms with Crippen molar-refractivity contribution in [2.45, 2.75) is 25.2 Å². The molecule has 0 fully saturated rings. The summed E-state index contributed by atoms with van der Waals surface area (Å²) < 4.78 is 38.9. The number of nitrogens with two attached hydrogens (primary N) is 1. The number of alkyl halides is 3. The summed E-state index contributed by atoms with van der Waals surface area (Å²) >= 11 is 0. The van der Waals surface area contributed by atoms with Crippen LogP contribution in [0.25, 0.3) is 0 Å². The Morgan fingerprint density at radius 2 is 1.45 bits per heavy atom. The summed E-state index contributed by atoms with van der Waals surface area (Å²) in [5, 5.41) is 4.55. The zero-order valence-electron chi connectivity index (χ0n) is 15.9. The molecule has 0 saturated carbocycles. The highest BCUT2D eigenvalue weighted by Gasteiger charge is 2.31. The predicted octanol–water partition coefficient (Wildman–Crippen LogP) is 4.71. The van der Waals surface area contributed by atoms with E-state index in [1.165, 1.54) is 12.1 Å². The molecule has 0 saturated heterocycles. The van der Waals surface area contributed by atoms with Gasteiger partial charge in [0.15, 0.2) is 6.04 Å². The minimum atomic E-state index is -4.46. The third-order valence-corrected chi connectivity index (χ3v) is 4.71. The third-order valence-electron chi connectivity index (χ3n) is 4.71. The second kappa shape index (κ2) is 8.92. The lowest BCUT2D eigenvalue weighted by atomic mass is 10.0. The van der Waals surface area contributed by atoms with Crippen molar-refractivity contribution in [2.75, 3.05) is 5.32 Å². The molecule has 3 rings (SSSR count). The average molecular weight is 399 g/mol. The van der Waals surface area contributed by atoms with Crippen molar-refractivity contribution >= 4 is 11.6 Å². The van der Waals surface area contributed by atoms with E-state index in [0.717, 1.165) is 23.3 Å². The van der Waals surface area contributed by atoms with Gasteiger partial charge in [0.1, 0.15) is 6.04 Å². The number of carbonyl (C=O) groups excluding carboxylic acids is 1. The molecule has 3 nitrogen and oxygen atoms in total. The van der Waals surface area contributed by atoms with Crippen LogP contribution in [0.2, 0.25) is 0 Å². The molecule has 29 heavy (non-hydrogen) atoms. The van der Waals surface area contributed by atoms with Gasteiger partial charge in [0.25, 0.3) is 5.91 Å². The van der Waals surface area contributed by atoms with Gasteiger partial charge in [-0.05, 0) is 25.1 Å². The topological polar surface area (TPSA) is 45.7 Å². The summed E-state index contributed by atoms with van der Waals surface area (Å²) in [4.78, 5) is 13.0. The molecule has 0 heterocycles. The molecule has 2 atom stereocenters. The highest BCUT2D eigenvalue weighted by molar-refractivity contribution is 5.94. The van der Waals surface area contributed by atoms with E-state index in [2.05, 4.69) is 5.32 Å². The first-order chi connectivity index (χ1) is 13.8. The smallest absolute Gasteiger partial charge is 0.326 e. The van der Waals surface area contributed by atoms with Crippen LogP contribution in [0.4, 0.5) is 18.9 Å². The number of quaternary nitrogens is 1. The first-order valence-electron chi connectivity index (χ1n) is 9.27. The monoisotopic (exact) mass is 399 g/mol. The van der Waals surface area contributed by atoms with E-state index in [1.54, 1.807) is 0 Å². The van der Waals surface area contributed by atoms with Crippen molar-refractivity contribution in [2.24, 2.45) is 0 Å². The van der Waals surface area contributed by atoms with Gasteiger partial charge < -0.3 is 10.6 Å². The Bertz CT molecular complexity index is 943. The van der Waals surface area contributed by atoms with E-state index in [-0.39, 0.29) is 17.6 Å². The fraction of sp³-hybridized carbons (Fsp3) is 0.174. The first kappa shape index (κ1) is 20.6. The standard InChI is InChI=1S/C23H21F3N2O/c1-16(17-9-4-2-5-10-17)27-21(18-11-6-3-7-12-18)22(29)28-20-14-8-13-19(15-20)23(24,25)26/h2-16,21,27H,1H3,(H,28,29)/p+1/t16-,21-/m1/s1. The van der Waals surface area contributed by atoms with Gasteiger partial charge in [-0.25, -0.2) is 0 Å². The molecule has 6 heteroatoms. The molecule has 0 aliphatic carbocycles. The molecule has 0 aromatic heterocycles. The summed E-state index contributed by atoms with van der Waals surface area (Å²) in [6.07, 6.45) is -4.46. The molecule has 3 N–H and O–H groups in total. The minimum Gasteiger partial charge on any atom is -0.326 e. The largest absolute Gasteiger partial charge is 0.416 e. The number of anilines is 1. The maximum Gasteiger partial charge on any atom is 0.416 e. The minimum absolute atomic E-state index is 0.0198. The first-order valence-corrected chi connectivity index (χ1v) is 9.27. The lowest BCUT2D eigenvalue weighted by molar-refractivity contribution is -0.718. The van der Waals surface area contributed by atoms with Crippen LogP contribution in [0.1, 0.15) is 35.7 Å². The summed E-state index contributed by atoms with van der Waals surface area (Å²) in [7, 11) is 0. The van der Waals surface area contributed by atoms with E-state index < -0.39 is 17.8 Å². The molecule has 3 aromatic carbocycles. The van der Waals surface area contributed by atoms with E-state index in [1.807, 2.05) is 72.9 Å². The van der Waals surface area contributed by atoms with Crippen molar-refractivity contribution in [3.05, 3.63) is 102 Å². The molecule has 0 spiro atoms. The van der Waals surface area contributed by atoms with Crippen molar-refractivity contribution in [3.8, 4) is 0 Å². The Balaban J connectivity index is 1.84. The van der Waals surface area contributed by atoms with Gasteiger partial charge in [-0.3, -0.25) is 4.79 Å². The van der Waals surface area contributed by atoms with Crippen LogP contribution in [0, 0.1) is 0 Å². The van der Waals surface area contributed by atoms with Crippen LogP contribution in [0.15, 0.2) is 84.9 Å². The van der Waals surface area contributed by atoms with Crippen LogP contribution >= 0.6 is 0 Å². The fourth-order valence-corrected chi connectivity index (χ4v) is 3.16. The number of rotatable bonds is 6. The SMILES string of the molecule is C[C@@H]([NH2+][C@@H](C(=O)Nc1cccc(C(F)(F)F)c1)c1ccccc1)c1ccccc1. The maximum absolute atomic E-state index is 13.0. The van der Waals surface area contributed by atoms with Gasteiger partial charge in [-0.15, -0.1) is 0 Å². The molecule has 150 valence electrons. The van der Waals surface area contributed by atoms with E-state index in [4.69, 9.17) is 0 Å². The Morgan fingerprint density at radius 3 is 2.03 bits per heavy atom. The molecule has 0 aliphatic heterocycles. The van der Waals surface area contributed by atoms with Gasteiger partial charge >= 0.3 is 6.18 Å². The van der Waals surface area contributed by atoms with Crippen LogP contribution in [0.5, 0.6) is 0 Å². The van der Waals surface area contributed by atoms with Crippen molar-refractivity contribution in [1.29, 1.82) is 0 Å². The quantitative estimate of drug-likeness (QED) is 0.620. The lowest BCUT2D eigenvalue weighted by Crippen LogP contribution is -2.87. The van der Waals surface area contributed by atoms with Crippen LogP contribution < -0.4 is 10.6 Å². The molecule has 0 aliphatic rings. The number of hydrogen-bond donors (Lipinski definition) is 2. The van der Waals surface area contributed by atoms with Gasteiger partial charge in [-0.1, -0.05) is 66.7 Å². The Labute approximate surface area is 167 Å². The fourth-order valence-electron chi connectivity index (χ4n) is 3.16. The zero-order chi connectivity index (χ0) is 20.9. The van der Waals surface area contributed by atoms with Crippen molar-refractivity contribution in [3.63, 3.8) is 0 Å².